The highest BCUT2D eigenvalue weighted by Crippen LogP contribution is 2.29. The van der Waals surface area contributed by atoms with Crippen molar-refractivity contribution in [1.82, 2.24) is 9.55 Å². The van der Waals surface area contributed by atoms with Crippen molar-refractivity contribution < 1.29 is 18.7 Å². The SMILES string of the molecule is COCCn1c2c(c(=O)[nH]c1=O)[C@H](C(=O)Nc1cccc(F)c1)CC(=O)N2. The molecule has 0 saturated heterocycles. The maximum atomic E-state index is 13.3. The largest absolute Gasteiger partial charge is 0.383 e. The summed E-state index contributed by atoms with van der Waals surface area (Å²) in [6.07, 6.45) is -0.278. The smallest absolute Gasteiger partial charge is 0.330 e. The molecule has 0 spiro atoms. The van der Waals surface area contributed by atoms with Crippen LogP contribution in [0.3, 0.4) is 0 Å². The molecule has 1 aliphatic rings. The number of halogens is 1. The minimum absolute atomic E-state index is 0.0285. The molecule has 9 nitrogen and oxygen atoms in total. The Morgan fingerprint density at radius 1 is 1.37 bits per heavy atom. The maximum absolute atomic E-state index is 13.3. The summed E-state index contributed by atoms with van der Waals surface area (Å²) in [7, 11) is 1.44. The molecular weight excluding hydrogens is 359 g/mol. The lowest BCUT2D eigenvalue weighted by Crippen LogP contribution is -2.43. The summed E-state index contributed by atoms with van der Waals surface area (Å²) >= 11 is 0. The molecule has 3 rings (SSSR count). The van der Waals surface area contributed by atoms with Crippen LogP contribution in [0.1, 0.15) is 17.9 Å². The summed E-state index contributed by atoms with van der Waals surface area (Å²) in [5, 5.41) is 4.98. The summed E-state index contributed by atoms with van der Waals surface area (Å²) in [6.45, 7) is 0.237. The van der Waals surface area contributed by atoms with Crippen LogP contribution in [0.2, 0.25) is 0 Å². The third-order valence-corrected chi connectivity index (χ3v) is 4.16. The number of benzene rings is 1. The van der Waals surface area contributed by atoms with Crippen molar-refractivity contribution in [2.75, 3.05) is 24.4 Å². The zero-order chi connectivity index (χ0) is 19.6. The van der Waals surface area contributed by atoms with Gasteiger partial charge in [-0.2, -0.15) is 0 Å². The molecule has 0 unspecified atom stereocenters. The number of aromatic nitrogens is 2. The van der Waals surface area contributed by atoms with E-state index in [4.69, 9.17) is 4.74 Å². The van der Waals surface area contributed by atoms with Crippen LogP contribution in [-0.2, 0) is 20.9 Å². The fourth-order valence-electron chi connectivity index (χ4n) is 2.93. The molecule has 2 heterocycles. The number of rotatable bonds is 5. The van der Waals surface area contributed by atoms with Gasteiger partial charge in [-0.25, -0.2) is 9.18 Å². The number of fused-ring (bicyclic) bond motifs is 1. The third-order valence-electron chi connectivity index (χ3n) is 4.16. The Balaban J connectivity index is 2.02. The zero-order valence-corrected chi connectivity index (χ0v) is 14.4. The molecule has 27 heavy (non-hydrogen) atoms. The van der Waals surface area contributed by atoms with Gasteiger partial charge in [0.05, 0.1) is 24.6 Å². The van der Waals surface area contributed by atoms with Crippen LogP contribution in [0.5, 0.6) is 0 Å². The number of hydrogen-bond acceptors (Lipinski definition) is 5. The number of nitrogens with zero attached hydrogens (tertiary/aromatic N) is 1. The highest BCUT2D eigenvalue weighted by atomic mass is 19.1. The van der Waals surface area contributed by atoms with E-state index in [1.54, 1.807) is 0 Å². The van der Waals surface area contributed by atoms with E-state index in [1.807, 2.05) is 0 Å². The van der Waals surface area contributed by atoms with Gasteiger partial charge in [-0.15, -0.1) is 0 Å². The summed E-state index contributed by atoms with van der Waals surface area (Å²) in [4.78, 5) is 51.3. The lowest BCUT2D eigenvalue weighted by molar-refractivity contribution is -0.123. The third kappa shape index (κ3) is 3.80. The van der Waals surface area contributed by atoms with E-state index in [9.17, 15) is 23.6 Å². The average molecular weight is 376 g/mol. The molecule has 2 aromatic rings. The quantitative estimate of drug-likeness (QED) is 0.697. The summed E-state index contributed by atoms with van der Waals surface area (Å²) in [6, 6.07) is 5.24. The molecule has 1 aromatic carbocycles. The molecule has 0 fully saturated rings. The molecule has 0 saturated carbocycles. The first kappa shape index (κ1) is 18.5. The molecule has 0 radical (unpaired) electrons. The van der Waals surface area contributed by atoms with Gasteiger partial charge in [0.25, 0.3) is 5.56 Å². The second-order valence-corrected chi connectivity index (χ2v) is 5.97. The van der Waals surface area contributed by atoms with Crippen molar-refractivity contribution in [3.63, 3.8) is 0 Å². The van der Waals surface area contributed by atoms with Crippen molar-refractivity contribution in [2.45, 2.75) is 18.9 Å². The normalized spacial score (nSPS) is 15.8. The number of carbonyl (C=O) groups excluding carboxylic acids is 2. The Morgan fingerprint density at radius 2 is 2.15 bits per heavy atom. The lowest BCUT2D eigenvalue weighted by Gasteiger charge is -2.26. The van der Waals surface area contributed by atoms with Gasteiger partial charge in [-0.1, -0.05) is 6.07 Å². The van der Waals surface area contributed by atoms with Gasteiger partial charge < -0.3 is 15.4 Å². The standard InChI is InChI=1S/C17H17FN4O5/c1-27-6-5-22-14-13(16(25)21-17(22)26)11(8-12(23)20-14)15(24)19-10-4-2-3-9(18)7-10/h2-4,7,11H,5-6,8H2,1H3,(H,19,24)(H,20,23)(H,21,25,26)/t11-/m1/s1. The number of aromatic amines is 1. The molecule has 0 aliphatic carbocycles. The number of carbonyl (C=O) groups is 2. The summed E-state index contributed by atoms with van der Waals surface area (Å²) in [5.41, 5.74) is -1.32. The first-order valence-electron chi connectivity index (χ1n) is 8.13. The van der Waals surface area contributed by atoms with Crippen LogP contribution in [0, 0.1) is 5.82 Å². The first-order chi connectivity index (χ1) is 12.9. The van der Waals surface area contributed by atoms with E-state index in [0.717, 1.165) is 10.6 Å². The van der Waals surface area contributed by atoms with Gasteiger partial charge >= 0.3 is 5.69 Å². The molecule has 1 atom stereocenters. The number of nitrogens with one attached hydrogen (secondary N) is 3. The molecule has 142 valence electrons. The Morgan fingerprint density at radius 3 is 2.85 bits per heavy atom. The Labute approximate surface area is 152 Å². The second kappa shape index (κ2) is 7.54. The number of anilines is 2. The Kier molecular flexibility index (Phi) is 5.17. The van der Waals surface area contributed by atoms with Crippen LogP contribution in [0.4, 0.5) is 15.9 Å². The number of hydrogen-bond donors (Lipinski definition) is 3. The van der Waals surface area contributed by atoms with E-state index in [0.29, 0.717) is 0 Å². The van der Waals surface area contributed by atoms with Gasteiger partial charge in [0.2, 0.25) is 11.8 Å². The average Bonchev–Trinajstić information content (AvgIpc) is 2.60. The van der Waals surface area contributed by atoms with Crippen LogP contribution in [0.25, 0.3) is 0 Å². The first-order valence-corrected chi connectivity index (χ1v) is 8.13. The Bertz CT molecular complexity index is 1010. The number of amides is 2. The molecule has 3 N–H and O–H groups in total. The predicted molar refractivity (Wildman–Crippen MR) is 94.2 cm³/mol. The highest BCUT2D eigenvalue weighted by molar-refractivity contribution is 6.04. The summed E-state index contributed by atoms with van der Waals surface area (Å²) < 4.78 is 19.4. The van der Waals surface area contributed by atoms with E-state index in [-0.39, 0.29) is 36.6 Å². The monoisotopic (exact) mass is 376 g/mol. The molecular formula is C17H17FN4O5. The fraction of sp³-hybridized carbons (Fsp3) is 0.294. The van der Waals surface area contributed by atoms with Crippen LogP contribution >= 0.6 is 0 Å². The van der Waals surface area contributed by atoms with Gasteiger partial charge in [-0.3, -0.25) is 23.9 Å². The van der Waals surface area contributed by atoms with E-state index >= 15 is 0 Å². The molecule has 1 aliphatic heterocycles. The molecule has 1 aromatic heterocycles. The summed E-state index contributed by atoms with van der Waals surface area (Å²) in [5.74, 6) is -2.87. The maximum Gasteiger partial charge on any atom is 0.330 e. The van der Waals surface area contributed by atoms with E-state index in [2.05, 4.69) is 15.6 Å². The van der Waals surface area contributed by atoms with Crippen LogP contribution in [0.15, 0.2) is 33.9 Å². The molecule has 0 bridgehead atoms. The fourth-order valence-corrected chi connectivity index (χ4v) is 2.93. The van der Waals surface area contributed by atoms with Gasteiger partial charge in [0.1, 0.15) is 11.6 Å². The van der Waals surface area contributed by atoms with Crippen molar-refractivity contribution in [3.05, 3.63) is 56.5 Å². The van der Waals surface area contributed by atoms with Crippen LogP contribution in [-0.4, -0.2) is 35.1 Å². The van der Waals surface area contributed by atoms with Crippen molar-refractivity contribution in [2.24, 2.45) is 0 Å². The number of methoxy groups -OCH3 is 1. The highest BCUT2D eigenvalue weighted by Gasteiger charge is 2.35. The van der Waals surface area contributed by atoms with Crippen molar-refractivity contribution in [1.29, 1.82) is 0 Å². The van der Waals surface area contributed by atoms with Crippen LogP contribution < -0.4 is 21.9 Å². The van der Waals surface area contributed by atoms with Crippen molar-refractivity contribution >= 4 is 23.3 Å². The molecule has 2 amide bonds. The Hall–Kier alpha value is -3.27. The van der Waals surface area contributed by atoms with E-state index < -0.39 is 34.8 Å². The molecule has 10 heteroatoms. The second-order valence-electron chi connectivity index (χ2n) is 5.97. The topological polar surface area (TPSA) is 122 Å². The van der Waals surface area contributed by atoms with Gasteiger partial charge in [0.15, 0.2) is 0 Å². The minimum Gasteiger partial charge on any atom is -0.383 e. The lowest BCUT2D eigenvalue weighted by atomic mass is 9.92. The number of H-pyrrole nitrogens is 1. The van der Waals surface area contributed by atoms with Gasteiger partial charge in [0, 0.05) is 19.2 Å². The van der Waals surface area contributed by atoms with E-state index in [1.165, 1.54) is 25.3 Å². The van der Waals surface area contributed by atoms with Crippen molar-refractivity contribution in [3.8, 4) is 0 Å². The predicted octanol–water partition coefficient (Wildman–Crippen LogP) is 0.387. The number of ether oxygens (including phenoxy) is 1. The minimum atomic E-state index is -1.13. The zero-order valence-electron chi connectivity index (χ0n) is 14.4. The van der Waals surface area contributed by atoms with Gasteiger partial charge in [-0.05, 0) is 18.2 Å².